The van der Waals surface area contributed by atoms with E-state index < -0.39 is 36.1 Å². The molecule has 3 rings (SSSR count). The van der Waals surface area contributed by atoms with Gasteiger partial charge in [-0.3, -0.25) is 14.4 Å². The molecule has 0 aliphatic heterocycles. The highest BCUT2D eigenvalue weighted by Gasteiger charge is 2.38. The zero-order chi connectivity index (χ0) is 33.4. The molecule has 1 unspecified atom stereocenters. The van der Waals surface area contributed by atoms with Crippen molar-refractivity contribution in [2.24, 2.45) is 5.92 Å². The van der Waals surface area contributed by atoms with Crippen LogP contribution in [0.5, 0.6) is 0 Å². The molecule has 242 valence electrons. The van der Waals surface area contributed by atoms with E-state index in [1.807, 2.05) is 86.6 Å². The Hall–Kier alpha value is -4.94. The van der Waals surface area contributed by atoms with Crippen molar-refractivity contribution < 1.29 is 42.6 Å². The number of pyridine rings is 1. The molecule has 0 radical (unpaired) electrons. The minimum atomic E-state index is -5.08. The van der Waals surface area contributed by atoms with E-state index >= 15 is 0 Å². The molecule has 1 aromatic heterocycles. The number of benzene rings is 2. The molecule has 45 heavy (non-hydrogen) atoms. The summed E-state index contributed by atoms with van der Waals surface area (Å²) in [6, 6.07) is 21.4. The van der Waals surface area contributed by atoms with E-state index in [4.69, 9.17) is 9.90 Å². The third-order valence-electron chi connectivity index (χ3n) is 6.27. The maximum Gasteiger partial charge on any atom is 0.490 e. The first-order valence-corrected chi connectivity index (χ1v) is 14.2. The van der Waals surface area contributed by atoms with Crippen LogP contribution in [-0.2, 0) is 19.2 Å². The number of anilines is 1. The molecule has 0 saturated carbocycles. The van der Waals surface area contributed by atoms with Gasteiger partial charge in [-0.05, 0) is 47.6 Å². The summed E-state index contributed by atoms with van der Waals surface area (Å²) in [6.45, 7) is 4.52. The number of rotatable bonds is 14. The third kappa shape index (κ3) is 13.9. The Bertz CT molecular complexity index is 1370. The van der Waals surface area contributed by atoms with Gasteiger partial charge in [-0.2, -0.15) is 13.2 Å². The van der Waals surface area contributed by atoms with Crippen molar-refractivity contribution in [2.45, 2.75) is 57.8 Å². The number of amides is 2. The Labute approximate surface area is 259 Å². The first-order chi connectivity index (χ1) is 21.3. The van der Waals surface area contributed by atoms with Crippen molar-refractivity contribution in [3.63, 3.8) is 0 Å². The highest BCUT2D eigenvalue weighted by Crippen LogP contribution is 2.24. The van der Waals surface area contributed by atoms with Crippen LogP contribution in [0.1, 0.15) is 51.1 Å². The summed E-state index contributed by atoms with van der Waals surface area (Å²) >= 11 is 0. The topological polar surface area (TPSA) is 158 Å². The average Bonchev–Trinajstić information content (AvgIpc) is 2.99. The van der Waals surface area contributed by atoms with Crippen LogP contribution in [-0.4, -0.2) is 57.7 Å². The van der Waals surface area contributed by atoms with Crippen LogP contribution in [0.25, 0.3) is 11.1 Å². The van der Waals surface area contributed by atoms with E-state index in [0.717, 1.165) is 16.9 Å². The summed E-state index contributed by atoms with van der Waals surface area (Å²) in [7, 11) is 0. The van der Waals surface area contributed by atoms with Crippen LogP contribution in [0.15, 0.2) is 79.0 Å². The maximum absolute atomic E-state index is 13.2. The lowest BCUT2D eigenvalue weighted by molar-refractivity contribution is -0.192. The van der Waals surface area contributed by atoms with Crippen molar-refractivity contribution in [1.29, 1.82) is 0 Å². The van der Waals surface area contributed by atoms with Crippen LogP contribution in [0, 0.1) is 5.92 Å². The van der Waals surface area contributed by atoms with Crippen LogP contribution in [0.4, 0.5) is 19.0 Å². The second-order valence-electron chi connectivity index (χ2n) is 10.4. The van der Waals surface area contributed by atoms with Gasteiger partial charge >= 0.3 is 18.1 Å². The fourth-order valence-electron chi connectivity index (χ4n) is 4.14. The molecule has 2 atom stereocenters. The Morgan fingerprint density at radius 3 is 1.98 bits per heavy atom. The number of hydrogen-bond acceptors (Lipinski definition) is 6. The minimum Gasteiger partial charge on any atom is -0.481 e. The third-order valence-corrected chi connectivity index (χ3v) is 6.27. The molecule has 2 aromatic carbocycles. The monoisotopic (exact) mass is 630 g/mol. The minimum absolute atomic E-state index is 0.153. The highest BCUT2D eigenvalue weighted by molar-refractivity contribution is 5.88. The van der Waals surface area contributed by atoms with Crippen LogP contribution < -0.4 is 16.0 Å². The first kappa shape index (κ1) is 36.3. The summed E-state index contributed by atoms with van der Waals surface area (Å²) in [4.78, 5) is 50.5. The summed E-state index contributed by atoms with van der Waals surface area (Å²) in [5.74, 6) is -3.50. The maximum atomic E-state index is 13.2. The number of nitrogens with zero attached hydrogens (tertiary/aromatic N) is 1. The summed E-state index contributed by atoms with van der Waals surface area (Å²) in [6.07, 6.45) is -2.39. The van der Waals surface area contributed by atoms with Gasteiger partial charge in [0, 0.05) is 19.2 Å². The lowest BCUT2D eigenvalue weighted by Gasteiger charge is -2.24. The van der Waals surface area contributed by atoms with Crippen LogP contribution >= 0.6 is 0 Å². The van der Waals surface area contributed by atoms with Gasteiger partial charge in [0.25, 0.3) is 0 Å². The zero-order valence-corrected chi connectivity index (χ0v) is 24.9. The molecule has 0 aliphatic rings. The highest BCUT2D eigenvalue weighted by atomic mass is 19.4. The number of carboxylic acids is 2. The zero-order valence-electron chi connectivity index (χ0n) is 24.9. The molecule has 10 nitrogen and oxygen atoms in total. The smallest absolute Gasteiger partial charge is 0.481 e. The molecule has 0 bridgehead atoms. The van der Waals surface area contributed by atoms with E-state index in [1.54, 1.807) is 6.20 Å². The average molecular weight is 631 g/mol. The van der Waals surface area contributed by atoms with Gasteiger partial charge in [-0.1, -0.05) is 74.5 Å². The van der Waals surface area contributed by atoms with Gasteiger partial charge in [0.2, 0.25) is 11.8 Å². The van der Waals surface area contributed by atoms with Crippen molar-refractivity contribution >= 4 is 29.6 Å². The molecule has 2 amide bonds. The van der Waals surface area contributed by atoms with E-state index in [9.17, 15) is 32.7 Å². The number of carbonyl (C=O) groups is 4. The van der Waals surface area contributed by atoms with E-state index in [1.165, 1.54) is 0 Å². The largest absolute Gasteiger partial charge is 0.490 e. The molecule has 3 aromatic rings. The van der Waals surface area contributed by atoms with Crippen molar-refractivity contribution in [2.75, 3.05) is 11.9 Å². The molecular formula is C32H37F3N4O6. The number of alkyl halides is 3. The Balaban J connectivity index is 0.000000900. The van der Waals surface area contributed by atoms with Crippen LogP contribution in [0.3, 0.4) is 0 Å². The predicted octanol–water partition coefficient (Wildman–Crippen LogP) is 5.44. The van der Waals surface area contributed by atoms with Crippen LogP contribution in [0.2, 0.25) is 0 Å². The van der Waals surface area contributed by atoms with Gasteiger partial charge in [-0.25, -0.2) is 9.78 Å². The van der Waals surface area contributed by atoms with Gasteiger partial charge in [0.05, 0.1) is 12.5 Å². The number of carboxylic acid groups (broad SMARTS) is 2. The molecular weight excluding hydrogens is 593 g/mol. The summed E-state index contributed by atoms with van der Waals surface area (Å²) < 4.78 is 31.7. The Morgan fingerprint density at radius 2 is 1.44 bits per heavy atom. The SMILES string of the molecule is CC(C)C[C@H](NC(=O)CCCNc1ccccn1)C(=O)NC(CC(=O)O)c1ccc(-c2ccccc2)cc1.O=C(O)C(F)(F)F. The molecule has 0 fully saturated rings. The first-order valence-electron chi connectivity index (χ1n) is 14.2. The number of halogens is 3. The number of hydrogen-bond donors (Lipinski definition) is 5. The van der Waals surface area contributed by atoms with Crippen molar-refractivity contribution in [3.05, 3.63) is 84.6 Å². The van der Waals surface area contributed by atoms with E-state index in [-0.39, 0.29) is 24.7 Å². The fraction of sp³-hybridized carbons (Fsp3) is 0.344. The van der Waals surface area contributed by atoms with Gasteiger partial charge in [0.1, 0.15) is 11.9 Å². The second-order valence-corrected chi connectivity index (χ2v) is 10.4. The lowest BCUT2D eigenvalue weighted by Crippen LogP contribution is -2.48. The Morgan fingerprint density at radius 1 is 0.844 bits per heavy atom. The molecule has 1 heterocycles. The molecule has 5 N–H and O–H groups in total. The normalized spacial score (nSPS) is 12.2. The molecule has 0 spiro atoms. The number of aliphatic carboxylic acids is 2. The second kappa shape index (κ2) is 18.0. The summed E-state index contributed by atoms with van der Waals surface area (Å²) in [5.41, 5.74) is 2.74. The lowest BCUT2D eigenvalue weighted by atomic mass is 9.98. The van der Waals surface area contributed by atoms with E-state index in [0.29, 0.717) is 24.9 Å². The predicted molar refractivity (Wildman–Crippen MR) is 162 cm³/mol. The van der Waals surface area contributed by atoms with Gasteiger partial charge < -0.3 is 26.2 Å². The number of carbonyl (C=O) groups excluding carboxylic acids is 2. The number of aromatic nitrogens is 1. The summed E-state index contributed by atoms with van der Waals surface area (Å²) in [5, 5.41) is 25.5. The Kier molecular flexibility index (Phi) is 14.5. The van der Waals surface area contributed by atoms with Gasteiger partial charge in [0.15, 0.2) is 0 Å². The molecule has 0 saturated heterocycles. The number of nitrogens with one attached hydrogen (secondary N) is 3. The fourth-order valence-corrected chi connectivity index (χ4v) is 4.14. The van der Waals surface area contributed by atoms with E-state index in [2.05, 4.69) is 20.9 Å². The van der Waals surface area contributed by atoms with Crippen molar-refractivity contribution in [1.82, 2.24) is 15.6 Å². The molecule has 0 aliphatic carbocycles. The standard InChI is InChI=1S/C30H36N4O4.C2HF3O2/c1-21(2)19-26(33-28(35)12-8-18-32-27-11-6-7-17-31-27)30(38)34-25(20-29(36)37)24-15-13-23(14-16-24)22-9-4-3-5-10-22;3-2(4,5)1(6)7/h3-7,9-11,13-17,21,25-26H,8,12,18-20H2,1-2H3,(H,31,32)(H,33,35)(H,34,38)(H,36,37);(H,6,7)/t25?,26-;/m0./s1. The van der Waals surface area contributed by atoms with Crippen molar-refractivity contribution in [3.8, 4) is 11.1 Å². The van der Waals surface area contributed by atoms with Gasteiger partial charge in [-0.15, -0.1) is 0 Å². The quantitative estimate of drug-likeness (QED) is 0.147. The molecule has 13 heteroatoms.